The number of rotatable bonds is 0. The molecule has 1 rings (SSSR count). The van der Waals surface area contributed by atoms with Gasteiger partial charge >= 0.3 is 0 Å². The van der Waals surface area contributed by atoms with E-state index in [4.69, 9.17) is 0 Å². The number of hydrogen-bond donors (Lipinski definition) is 0. The van der Waals surface area contributed by atoms with Crippen molar-refractivity contribution in [2.45, 2.75) is 6.42 Å². The van der Waals surface area contributed by atoms with Crippen molar-refractivity contribution in [3.05, 3.63) is 48.8 Å². The maximum atomic E-state index is 10.9. The van der Waals surface area contributed by atoms with E-state index < -0.39 is 0 Å². The Kier molecular flexibility index (Phi) is 4.72. The van der Waals surface area contributed by atoms with E-state index >= 15 is 0 Å². The van der Waals surface area contributed by atoms with Gasteiger partial charge in [0.1, 0.15) is 6.26 Å². The van der Waals surface area contributed by atoms with Gasteiger partial charge in [-0.2, -0.15) is 0 Å². The summed E-state index contributed by atoms with van der Waals surface area (Å²) in [5.41, 5.74) is 0. The molecule has 0 N–H and O–H groups in total. The highest BCUT2D eigenvalue weighted by molar-refractivity contribution is 5.77. The minimum Gasteiger partial charge on any atom is -0.347 e. The maximum absolute atomic E-state index is 10.9. The number of allylic oxidation sites excluding steroid dienone is 6. The molecular formula is C10H10N2O2. The fraction of sp³-hybridized carbons (Fsp3) is 0.100. The van der Waals surface area contributed by atoms with Gasteiger partial charge in [-0.25, -0.2) is 0 Å². The summed E-state index contributed by atoms with van der Waals surface area (Å²) >= 11 is 0. The molecule has 1 heterocycles. The Balaban J connectivity index is 2.64. The predicted molar refractivity (Wildman–Crippen MR) is 52.1 cm³/mol. The van der Waals surface area contributed by atoms with Crippen molar-refractivity contribution >= 4 is 5.91 Å². The summed E-state index contributed by atoms with van der Waals surface area (Å²) in [7, 11) is 0. The molecule has 1 aliphatic heterocycles. The minimum atomic E-state index is -0.338. The lowest BCUT2D eigenvalue weighted by molar-refractivity contribution is -0.118. The zero-order chi connectivity index (χ0) is 10.1. The van der Waals surface area contributed by atoms with Crippen LogP contribution in [0.25, 0.3) is 0 Å². The molecule has 1 amide bonds. The third kappa shape index (κ3) is 4.82. The molecule has 0 fully saturated rings. The molecule has 4 nitrogen and oxygen atoms in total. The largest absolute Gasteiger partial charge is 0.347 e. The molecule has 1 aliphatic rings. The highest BCUT2D eigenvalue weighted by atomic mass is 16.6. The lowest BCUT2D eigenvalue weighted by Crippen LogP contribution is -1.87. The third-order valence-electron chi connectivity index (χ3n) is 1.32. The number of nitrogens with zero attached hydrogens (tertiary/aromatic N) is 2. The first-order chi connectivity index (χ1) is 6.89. The Morgan fingerprint density at radius 2 is 1.79 bits per heavy atom. The highest BCUT2D eigenvalue weighted by Crippen LogP contribution is 1.93. The molecule has 0 aromatic heterocycles. The second kappa shape index (κ2) is 6.54. The molecule has 0 spiro atoms. The first kappa shape index (κ1) is 10.1. The van der Waals surface area contributed by atoms with Crippen molar-refractivity contribution in [3.8, 4) is 0 Å². The molecule has 4 heteroatoms. The van der Waals surface area contributed by atoms with Gasteiger partial charge < -0.3 is 4.84 Å². The molecule has 72 valence electrons. The molecule has 0 unspecified atom stereocenters. The Morgan fingerprint density at radius 3 is 2.64 bits per heavy atom. The molecule has 0 saturated heterocycles. The van der Waals surface area contributed by atoms with Crippen molar-refractivity contribution in [2.75, 3.05) is 0 Å². The fourth-order valence-electron chi connectivity index (χ4n) is 0.722. The van der Waals surface area contributed by atoms with Gasteiger partial charge in [0.25, 0.3) is 5.91 Å². The van der Waals surface area contributed by atoms with Crippen LogP contribution in [-0.2, 0) is 9.63 Å². The van der Waals surface area contributed by atoms with Crippen LogP contribution in [0.15, 0.2) is 59.2 Å². The third-order valence-corrected chi connectivity index (χ3v) is 1.32. The molecule has 0 radical (unpaired) electrons. The Morgan fingerprint density at radius 1 is 1.07 bits per heavy atom. The van der Waals surface area contributed by atoms with E-state index in [9.17, 15) is 4.79 Å². The first-order valence-corrected chi connectivity index (χ1v) is 4.14. The first-order valence-electron chi connectivity index (χ1n) is 4.14. The topological polar surface area (TPSA) is 51.0 Å². The van der Waals surface area contributed by atoms with Crippen LogP contribution in [0.2, 0.25) is 0 Å². The van der Waals surface area contributed by atoms with Gasteiger partial charge in [0, 0.05) is 11.7 Å². The van der Waals surface area contributed by atoms with Gasteiger partial charge in [0.05, 0.1) is 0 Å². The lowest BCUT2D eigenvalue weighted by atomic mass is 10.3. The lowest BCUT2D eigenvalue weighted by Gasteiger charge is -1.85. The van der Waals surface area contributed by atoms with E-state index in [0.29, 0.717) is 0 Å². The standard InChI is InChI=1S/C10H10N2O2/c13-10-8-6-4-2-1-3-5-7-9-14-12-11-10/h1-7,9H,8H2. The molecule has 0 atom stereocenters. The Bertz CT molecular complexity index is 325. The highest BCUT2D eigenvalue weighted by Gasteiger charge is 1.93. The van der Waals surface area contributed by atoms with Crippen LogP contribution >= 0.6 is 0 Å². The van der Waals surface area contributed by atoms with Crippen LogP contribution in [0.4, 0.5) is 0 Å². The van der Waals surface area contributed by atoms with E-state index in [0.717, 1.165) is 0 Å². The monoisotopic (exact) mass is 190 g/mol. The van der Waals surface area contributed by atoms with E-state index in [-0.39, 0.29) is 12.3 Å². The SMILES string of the molecule is O=C1CC=CC=CC=CC=CON=N1. The van der Waals surface area contributed by atoms with E-state index in [1.165, 1.54) is 6.26 Å². The summed E-state index contributed by atoms with van der Waals surface area (Å²) in [6, 6.07) is 0. The zero-order valence-corrected chi connectivity index (χ0v) is 7.54. The van der Waals surface area contributed by atoms with Crippen molar-refractivity contribution in [1.29, 1.82) is 0 Å². The summed E-state index contributed by atoms with van der Waals surface area (Å²) in [5.74, 6) is -0.338. The van der Waals surface area contributed by atoms with Crippen LogP contribution in [0.3, 0.4) is 0 Å². The summed E-state index contributed by atoms with van der Waals surface area (Å²) in [6.07, 6.45) is 14.0. The molecule has 0 aromatic rings. The smallest absolute Gasteiger partial charge is 0.271 e. The summed E-state index contributed by atoms with van der Waals surface area (Å²) < 4.78 is 0. The van der Waals surface area contributed by atoms with Crippen LogP contribution < -0.4 is 0 Å². The second-order valence-corrected chi connectivity index (χ2v) is 2.41. The average Bonchev–Trinajstić information content (AvgIpc) is 2.20. The average molecular weight is 190 g/mol. The van der Waals surface area contributed by atoms with Gasteiger partial charge in [-0.15, -0.1) is 0 Å². The van der Waals surface area contributed by atoms with E-state index in [1.54, 1.807) is 24.3 Å². The quantitative estimate of drug-likeness (QED) is 0.589. The molecule has 0 bridgehead atoms. The van der Waals surface area contributed by atoms with Crippen LogP contribution in [0.1, 0.15) is 6.42 Å². The van der Waals surface area contributed by atoms with Crippen molar-refractivity contribution in [2.24, 2.45) is 10.4 Å². The molecular weight excluding hydrogens is 180 g/mol. The van der Waals surface area contributed by atoms with Gasteiger partial charge in [0.2, 0.25) is 0 Å². The van der Waals surface area contributed by atoms with Crippen LogP contribution in [-0.4, -0.2) is 5.91 Å². The maximum Gasteiger partial charge on any atom is 0.271 e. The minimum absolute atomic E-state index is 0.227. The van der Waals surface area contributed by atoms with Gasteiger partial charge in [-0.1, -0.05) is 41.6 Å². The van der Waals surface area contributed by atoms with Crippen LogP contribution in [0.5, 0.6) is 0 Å². The summed E-state index contributed by atoms with van der Waals surface area (Å²) in [6.45, 7) is 0. The number of carbonyl (C=O) groups excluding carboxylic acids is 1. The van der Waals surface area contributed by atoms with Crippen molar-refractivity contribution in [3.63, 3.8) is 0 Å². The molecule has 0 aliphatic carbocycles. The fourth-order valence-corrected chi connectivity index (χ4v) is 0.722. The number of amides is 1. The van der Waals surface area contributed by atoms with Gasteiger partial charge in [-0.05, 0) is 6.08 Å². The summed E-state index contributed by atoms with van der Waals surface area (Å²) in [4.78, 5) is 15.5. The van der Waals surface area contributed by atoms with E-state index in [1.807, 2.05) is 18.2 Å². The van der Waals surface area contributed by atoms with E-state index in [2.05, 4.69) is 15.2 Å². The van der Waals surface area contributed by atoms with Crippen molar-refractivity contribution < 1.29 is 9.63 Å². The van der Waals surface area contributed by atoms with Gasteiger partial charge in [-0.3, -0.25) is 4.79 Å². The second-order valence-electron chi connectivity index (χ2n) is 2.41. The Labute approximate surface area is 81.9 Å². The Hall–Kier alpha value is -1.97. The van der Waals surface area contributed by atoms with Gasteiger partial charge in [0.15, 0.2) is 0 Å². The van der Waals surface area contributed by atoms with Crippen LogP contribution in [0, 0.1) is 0 Å². The zero-order valence-electron chi connectivity index (χ0n) is 7.54. The molecule has 14 heavy (non-hydrogen) atoms. The normalized spacial score (nSPS) is 17.0. The van der Waals surface area contributed by atoms with Crippen molar-refractivity contribution in [1.82, 2.24) is 0 Å². The number of hydrogen-bond acceptors (Lipinski definition) is 3. The number of carbonyl (C=O) groups is 1. The predicted octanol–water partition coefficient (Wildman–Crippen LogP) is 2.48. The molecule has 0 saturated carbocycles. The summed E-state index contributed by atoms with van der Waals surface area (Å²) in [5, 5.41) is 6.52. The molecule has 0 aromatic carbocycles.